The third kappa shape index (κ3) is 8.57. The highest BCUT2D eigenvalue weighted by Crippen LogP contribution is 2.41. The standard InChI is InChI=1S/C67H62N4O/c1-9-45(10-2)58-42-64(68-43-59(58)47-25-15-12-16-26-47)71-60-32-18-17-29-56(60)57-36-35-53(41-63(57)71)72-52-28-21-27-51(40-52)69-44-70(62-34-20-19-33-61(62)69)65-54(46-23-13-11-14-24-46)30-22-31-55(65)48-37-49(66(3,4)5)39-50(38-48)67(6,7)8/h11-43,45H,9-10H2,1-8H3. The number of aromatic nitrogens is 4. The van der Waals surface area contributed by atoms with E-state index in [2.05, 4.69) is 270 Å². The first-order valence-electron chi connectivity index (χ1n) is 25.5. The Hall–Kier alpha value is -8.02. The van der Waals surface area contributed by atoms with E-state index in [9.17, 15) is 0 Å². The molecule has 0 aliphatic rings. The summed E-state index contributed by atoms with van der Waals surface area (Å²) in [6.45, 7) is 18.4. The van der Waals surface area contributed by atoms with Gasteiger partial charge in [0.05, 0.1) is 33.4 Å². The van der Waals surface area contributed by atoms with Crippen molar-refractivity contribution in [1.82, 2.24) is 14.1 Å². The molecule has 5 nitrogen and oxygen atoms in total. The molecule has 0 unspecified atom stereocenters. The van der Waals surface area contributed by atoms with Crippen LogP contribution in [0.5, 0.6) is 11.5 Å². The zero-order chi connectivity index (χ0) is 49.7. The molecule has 0 saturated carbocycles. The zero-order valence-corrected chi connectivity index (χ0v) is 42.7. The minimum atomic E-state index is -0.0389. The van der Waals surface area contributed by atoms with E-state index in [1.165, 1.54) is 38.8 Å². The predicted octanol–water partition coefficient (Wildman–Crippen LogP) is 17.5. The lowest BCUT2D eigenvalue weighted by molar-refractivity contribution is -0.571. The number of nitrogens with zero attached hydrogens (tertiary/aromatic N) is 4. The summed E-state index contributed by atoms with van der Waals surface area (Å²) in [5.74, 6) is 2.78. The number of para-hydroxylation sites is 4. The van der Waals surface area contributed by atoms with Crippen molar-refractivity contribution in [2.45, 2.75) is 85.0 Å². The van der Waals surface area contributed by atoms with Gasteiger partial charge in [0.15, 0.2) is 0 Å². The van der Waals surface area contributed by atoms with Crippen LogP contribution in [-0.4, -0.2) is 14.1 Å². The Morgan fingerprint density at radius 2 is 1.10 bits per heavy atom. The van der Waals surface area contributed by atoms with Crippen LogP contribution in [-0.2, 0) is 10.8 Å². The number of fused-ring (bicyclic) bond motifs is 4. The van der Waals surface area contributed by atoms with Crippen molar-refractivity contribution in [3.05, 3.63) is 223 Å². The van der Waals surface area contributed by atoms with Gasteiger partial charge in [-0.1, -0.05) is 201 Å². The van der Waals surface area contributed by atoms with Crippen molar-refractivity contribution in [2.24, 2.45) is 0 Å². The maximum Gasteiger partial charge on any atom is 0.269 e. The summed E-state index contributed by atoms with van der Waals surface area (Å²) in [4.78, 5) is 5.20. The van der Waals surface area contributed by atoms with Gasteiger partial charge in [0.25, 0.3) is 6.33 Å². The average Bonchev–Trinajstić information content (AvgIpc) is 3.95. The van der Waals surface area contributed by atoms with Gasteiger partial charge in [-0.3, -0.25) is 13.7 Å². The molecule has 0 aliphatic carbocycles. The highest BCUT2D eigenvalue weighted by atomic mass is 16.5. The van der Waals surface area contributed by atoms with Crippen LogP contribution in [0.4, 0.5) is 0 Å². The van der Waals surface area contributed by atoms with Gasteiger partial charge >= 0.3 is 0 Å². The van der Waals surface area contributed by atoms with Crippen LogP contribution in [0.25, 0.3) is 83.4 Å². The molecule has 0 radical (unpaired) electrons. The summed E-state index contributed by atoms with van der Waals surface area (Å²) in [5, 5.41) is 2.33. The molecule has 3 aromatic heterocycles. The summed E-state index contributed by atoms with van der Waals surface area (Å²) < 4.78 is 13.6. The number of hydrogen-bond donors (Lipinski definition) is 0. The van der Waals surface area contributed by atoms with Crippen LogP contribution < -0.4 is 9.30 Å². The molecule has 0 fully saturated rings. The Balaban J connectivity index is 1.03. The molecule has 11 aromatic rings. The number of pyridine rings is 1. The number of rotatable bonds is 11. The van der Waals surface area contributed by atoms with E-state index < -0.39 is 0 Å². The fourth-order valence-corrected chi connectivity index (χ4v) is 10.5. The van der Waals surface area contributed by atoms with Crippen LogP contribution in [0.2, 0.25) is 0 Å². The van der Waals surface area contributed by atoms with Gasteiger partial charge in [-0.05, 0) is 117 Å². The first-order valence-corrected chi connectivity index (χ1v) is 25.5. The normalized spacial score (nSPS) is 12.1. The minimum absolute atomic E-state index is 0.0389. The molecule has 11 rings (SSSR count). The first-order chi connectivity index (χ1) is 34.9. The molecule has 0 spiro atoms. The third-order valence-corrected chi connectivity index (χ3v) is 14.5. The van der Waals surface area contributed by atoms with Crippen LogP contribution >= 0.6 is 0 Å². The summed E-state index contributed by atoms with van der Waals surface area (Å²) in [7, 11) is 0. The van der Waals surface area contributed by atoms with E-state index in [4.69, 9.17) is 9.72 Å². The van der Waals surface area contributed by atoms with Gasteiger partial charge < -0.3 is 4.74 Å². The molecule has 72 heavy (non-hydrogen) atoms. The van der Waals surface area contributed by atoms with Crippen LogP contribution in [0.3, 0.4) is 0 Å². The smallest absolute Gasteiger partial charge is 0.269 e. The first kappa shape index (κ1) is 46.4. The molecule has 0 amide bonds. The largest absolute Gasteiger partial charge is 0.458 e. The van der Waals surface area contributed by atoms with E-state index in [-0.39, 0.29) is 10.8 Å². The maximum absolute atomic E-state index is 6.88. The molecule has 3 heterocycles. The summed E-state index contributed by atoms with van der Waals surface area (Å²) in [6.07, 6.45) is 8.06. The highest BCUT2D eigenvalue weighted by Gasteiger charge is 2.25. The van der Waals surface area contributed by atoms with E-state index in [0.29, 0.717) is 5.92 Å². The minimum Gasteiger partial charge on any atom is -0.458 e. The molecule has 0 N–H and O–H groups in total. The lowest BCUT2D eigenvalue weighted by Crippen LogP contribution is -2.31. The average molecular weight is 939 g/mol. The van der Waals surface area contributed by atoms with Crippen LogP contribution in [0, 0.1) is 6.33 Å². The second-order valence-corrected chi connectivity index (χ2v) is 21.3. The molecule has 8 aromatic carbocycles. The van der Waals surface area contributed by atoms with Gasteiger partial charge in [0, 0.05) is 28.6 Å². The van der Waals surface area contributed by atoms with Crippen molar-refractivity contribution in [3.8, 4) is 62.1 Å². The molecule has 0 saturated heterocycles. The van der Waals surface area contributed by atoms with E-state index in [1.807, 2.05) is 6.07 Å². The van der Waals surface area contributed by atoms with E-state index >= 15 is 0 Å². The molecular weight excluding hydrogens is 877 g/mol. The Morgan fingerprint density at radius 1 is 0.514 bits per heavy atom. The second kappa shape index (κ2) is 18.6. The molecular formula is C67H62N4O. The second-order valence-electron chi connectivity index (χ2n) is 21.3. The Labute approximate surface area is 424 Å². The Morgan fingerprint density at radius 3 is 1.78 bits per heavy atom. The quantitative estimate of drug-likeness (QED) is 0.0957. The maximum atomic E-state index is 6.88. The topological polar surface area (TPSA) is 35.9 Å². The van der Waals surface area contributed by atoms with Gasteiger partial charge in [0.2, 0.25) is 0 Å². The number of imidazole rings is 1. The molecule has 0 aliphatic heterocycles. The zero-order valence-electron chi connectivity index (χ0n) is 42.7. The highest BCUT2D eigenvalue weighted by molar-refractivity contribution is 6.09. The van der Waals surface area contributed by atoms with Crippen molar-refractivity contribution in [3.63, 3.8) is 0 Å². The fraction of sp³-hybridized carbons (Fsp3) is 0.194. The molecule has 0 bridgehead atoms. The van der Waals surface area contributed by atoms with Crippen molar-refractivity contribution >= 4 is 32.8 Å². The summed E-state index contributed by atoms with van der Waals surface area (Å²) >= 11 is 0. The monoisotopic (exact) mass is 938 g/mol. The SMILES string of the molecule is CCC(CC)c1cc(-n2c3ccccc3c3ccc(Oc4cccc(-n5[c-][n+](-c6c(-c7ccccc7)cccc6-c6cc(C(C)(C)C)cc(C(C)(C)C)c6)c6ccccc65)c4)cc32)ncc1-c1ccccc1. The van der Waals surface area contributed by atoms with Gasteiger partial charge in [-0.25, -0.2) is 4.98 Å². The van der Waals surface area contributed by atoms with Gasteiger partial charge in [-0.15, -0.1) is 0 Å². The Bertz CT molecular complexity index is 3740. The predicted molar refractivity (Wildman–Crippen MR) is 299 cm³/mol. The van der Waals surface area contributed by atoms with Crippen molar-refractivity contribution in [1.29, 1.82) is 0 Å². The van der Waals surface area contributed by atoms with Crippen molar-refractivity contribution in [2.75, 3.05) is 0 Å². The fourth-order valence-electron chi connectivity index (χ4n) is 10.5. The number of ether oxygens (including phenoxy) is 1. The van der Waals surface area contributed by atoms with E-state index in [0.717, 1.165) is 85.7 Å². The number of hydrogen-bond acceptors (Lipinski definition) is 2. The van der Waals surface area contributed by atoms with Crippen LogP contribution in [0.15, 0.2) is 200 Å². The third-order valence-electron chi connectivity index (χ3n) is 14.5. The summed E-state index contributed by atoms with van der Waals surface area (Å²) in [6, 6.07) is 69.6. The molecule has 356 valence electrons. The van der Waals surface area contributed by atoms with Gasteiger partial charge in [0.1, 0.15) is 17.3 Å². The molecule has 0 atom stereocenters. The Kier molecular flexibility index (Phi) is 12.0. The van der Waals surface area contributed by atoms with E-state index in [1.54, 1.807) is 0 Å². The van der Waals surface area contributed by atoms with Crippen molar-refractivity contribution < 1.29 is 9.30 Å². The lowest BCUT2D eigenvalue weighted by atomic mass is 9.78. The number of benzene rings is 8. The molecule has 5 heteroatoms. The van der Waals surface area contributed by atoms with Crippen LogP contribution in [0.1, 0.15) is 90.8 Å². The summed E-state index contributed by atoms with van der Waals surface area (Å²) in [5.41, 5.74) is 17.1. The van der Waals surface area contributed by atoms with Gasteiger partial charge in [-0.2, -0.15) is 0 Å². The lowest BCUT2D eigenvalue weighted by Gasteiger charge is -2.27.